The first-order valence-corrected chi connectivity index (χ1v) is 10.2. The molecule has 1 saturated heterocycles. The van der Waals surface area contributed by atoms with Gasteiger partial charge in [0.2, 0.25) is 12.7 Å². The van der Waals surface area contributed by atoms with Gasteiger partial charge >= 0.3 is 0 Å². The summed E-state index contributed by atoms with van der Waals surface area (Å²) >= 11 is 0. The fourth-order valence-electron chi connectivity index (χ4n) is 4.13. The maximum absolute atomic E-state index is 13.0. The predicted molar refractivity (Wildman–Crippen MR) is 114 cm³/mol. The second kappa shape index (κ2) is 8.16. The average molecular weight is 401 g/mol. The molecule has 3 aromatic rings. The molecule has 152 valence electrons. The minimum atomic E-state index is -0.154. The Balaban J connectivity index is 1.26. The van der Waals surface area contributed by atoms with Crippen LogP contribution in [0.3, 0.4) is 0 Å². The van der Waals surface area contributed by atoms with E-state index >= 15 is 0 Å². The molecule has 6 nitrogen and oxygen atoms in total. The third-order valence-corrected chi connectivity index (χ3v) is 5.63. The van der Waals surface area contributed by atoms with Crippen LogP contribution in [0.4, 0.5) is 5.69 Å². The number of nitrogens with one attached hydrogen (secondary N) is 1. The first-order chi connectivity index (χ1) is 14.8. The first kappa shape index (κ1) is 18.6. The number of likely N-dealkylation sites (tertiary alicyclic amines) is 1. The highest BCUT2D eigenvalue weighted by atomic mass is 16.7. The number of fused-ring (bicyclic) bond motifs is 1. The second-order valence-electron chi connectivity index (χ2n) is 7.56. The quantitative estimate of drug-likeness (QED) is 0.698. The fraction of sp³-hybridized carbons (Fsp3) is 0.250. The number of carbonyl (C=O) groups is 1. The van der Waals surface area contributed by atoms with E-state index in [9.17, 15) is 4.79 Å². The van der Waals surface area contributed by atoms with Gasteiger partial charge in [-0.3, -0.25) is 14.7 Å². The smallest absolute Gasteiger partial charge is 0.241 e. The standard InChI is InChI=1S/C24H23N3O3/c28-24(26-19-11-9-17(10-12-19)20-6-1-2-13-25-20)21-7-4-14-27(21)15-18-5-3-8-22-23(18)30-16-29-22/h1-3,5-6,8-13,21H,4,7,14-16H2,(H,26,28). The van der Waals surface area contributed by atoms with Gasteiger partial charge in [0.15, 0.2) is 11.5 Å². The van der Waals surface area contributed by atoms with Gasteiger partial charge in [0, 0.05) is 29.6 Å². The summed E-state index contributed by atoms with van der Waals surface area (Å²) in [6, 6.07) is 19.4. The van der Waals surface area contributed by atoms with Gasteiger partial charge in [-0.05, 0) is 49.7 Å². The number of para-hydroxylation sites is 1. The summed E-state index contributed by atoms with van der Waals surface area (Å²) in [6.45, 7) is 1.81. The molecule has 2 aromatic carbocycles. The Labute approximate surface area is 175 Å². The van der Waals surface area contributed by atoms with Gasteiger partial charge in [-0.15, -0.1) is 0 Å². The van der Waals surface area contributed by atoms with E-state index in [1.807, 2.05) is 60.7 Å². The summed E-state index contributed by atoms with van der Waals surface area (Å²) in [7, 11) is 0. The number of carbonyl (C=O) groups excluding carboxylic acids is 1. The van der Waals surface area contributed by atoms with Crippen LogP contribution in [-0.2, 0) is 11.3 Å². The number of nitrogens with zero attached hydrogens (tertiary/aromatic N) is 2. The highest BCUT2D eigenvalue weighted by molar-refractivity contribution is 5.95. The van der Waals surface area contributed by atoms with Crippen molar-refractivity contribution < 1.29 is 14.3 Å². The Kier molecular flexibility index (Phi) is 5.07. The molecule has 0 radical (unpaired) electrons. The van der Waals surface area contributed by atoms with Crippen LogP contribution < -0.4 is 14.8 Å². The van der Waals surface area contributed by atoms with Crippen LogP contribution in [0.5, 0.6) is 11.5 Å². The van der Waals surface area contributed by atoms with Crippen molar-refractivity contribution in [2.45, 2.75) is 25.4 Å². The molecule has 1 atom stereocenters. The molecule has 30 heavy (non-hydrogen) atoms. The monoisotopic (exact) mass is 401 g/mol. The molecule has 3 heterocycles. The van der Waals surface area contributed by atoms with Crippen LogP contribution in [0.15, 0.2) is 66.9 Å². The maximum Gasteiger partial charge on any atom is 0.241 e. The van der Waals surface area contributed by atoms with E-state index in [1.54, 1.807) is 6.20 Å². The first-order valence-electron chi connectivity index (χ1n) is 10.2. The summed E-state index contributed by atoms with van der Waals surface area (Å²) in [4.78, 5) is 19.6. The van der Waals surface area contributed by atoms with E-state index in [-0.39, 0.29) is 18.7 Å². The molecule has 0 aliphatic carbocycles. The van der Waals surface area contributed by atoms with E-state index in [4.69, 9.17) is 9.47 Å². The van der Waals surface area contributed by atoms with Gasteiger partial charge in [-0.2, -0.15) is 0 Å². The van der Waals surface area contributed by atoms with Gasteiger partial charge in [0.1, 0.15) is 0 Å². The summed E-state index contributed by atoms with van der Waals surface area (Å²) in [6.07, 6.45) is 3.63. The van der Waals surface area contributed by atoms with Gasteiger partial charge in [-0.1, -0.05) is 30.3 Å². The molecule has 1 aromatic heterocycles. The lowest BCUT2D eigenvalue weighted by molar-refractivity contribution is -0.120. The lowest BCUT2D eigenvalue weighted by Crippen LogP contribution is -2.39. The van der Waals surface area contributed by atoms with Crippen molar-refractivity contribution in [1.82, 2.24) is 9.88 Å². The Morgan fingerprint density at radius 2 is 1.97 bits per heavy atom. The molecule has 2 aliphatic heterocycles. The van der Waals surface area contributed by atoms with E-state index in [0.29, 0.717) is 6.54 Å². The molecule has 1 N–H and O–H groups in total. The Morgan fingerprint density at radius 3 is 2.80 bits per heavy atom. The van der Waals surface area contributed by atoms with Crippen molar-refractivity contribution in [3.05, 3.63) is 72.4 Å². The minimum absolute atomic E-state index is 0.0304. The Morgan fingerprint density at radius 1 is 1.07 bits per heavy atom. The topological polar surface area (TPSA) is 63.7 Å². The maximum atomic E-state index is 13.0. The van der Waals surface area contributed by atoms with Crippen molar-refractivity contribution in [3.63, 3.8) is 0 Å². The number of pyridine rings is 1. The van der Waals surface area contributed by atoms with Crippen LogP contribution in [0.25, 0.3) is 11.3 Å². The molecular weight excluding hydrogens is 378 g/mol. The van der Waals surface area contributed by atoms with Gasteiger partial charge < -0.3 is 14.8 Å². The molecule has 6 heteroatoms. The summed E-state index contributed by atoms with van der Waals surface area (Å²) in [5, 5.41) is 3.07. The largest absolute Gasteiger partial charge is 0.454 e. The van der Waals surface area contributed by atoms with Crippen LogP contribution in [0, 0.1) is 0 Å². The van der Waals surface area contributed by atoms with Crippen molar-refractivity contribution in [2.24, 2.45) is 0 Å². The lowest BCUT2D eigenvalue weighted by atomic mass is 10.1. The average Bonchev–Trinajstić information content (AvgIpc) is 3.45. The molecule has 1 amide bonds. The van der Waals surface area contributed by atoms with Crippen molar-refractivity contribution in [3.8, 4) is 22.8 Å². The Bertz CT molecular complexity index is 1040. The SMILES string of the molecule is O=C(Nc1ccc(-c2ccccn2)cc1)C1CCCN1Cc1cccc2c1OCO2. The van der Waals surface area contributed by atoms with Crippen LogP contribution in [-0.4, -0.2) is 35.2 Å². The van der Waals surface area contributed by atoms with Crippen LogP contribution in [0.2, 0.25) is 0 Å². The van der Waals surface area contributed by atoms with E-state index in [2.05, 4.69) is 15.2 Å². The van der Waals surface area contributed by atoms with Crippen LogP contribution >= 0.6 is 0 Å². The summed E-state index contributed by atoms with van der Waals surface area (Å²) in [5.74, 6) is 1.61. The van der Waals surface area contributed by atoms with E-state index < -0.39 is 0 Å². The highest BCUT2D eigenvalue weighted by Gasteiger charge is 2.32. The Hall–Kier alpha value is -3.38. The second-order valence-corrected chi connectivity index (χ2v) is 7.56. The molecule has 0 bridgehead atoms. The van der Waals surface area contributed by atoms with Crippen molar-refractivity contribution in [2.75, 3.05) is 18.7 Å². The fourth-order valence-corrected chi connectivity index (χ4v) is 4.13. The number of anilines is 1. The molecule has 2 aliphatic rings. The summed E-state index contributed by atoms with van der Waals surface area (Å²) < 4.78 is 11.1. The molecule has 5 rings (SSSR count). The number of ether oxygens (including phenoxy) is 2. The third kappa shape index (κ3) is 3.74. The number of hydrogen-bond donors (Lipinski definition) is 1. The summed E-state index contributed by atoms with van der Waals surface area (Å²) in [5.41, 5.74) is 3.79. The molecule has 0 spiro atoms. The molecule has 1 unspecified atom stereocenters. The van der Waals surface area contributed by atoms with E-state index in [1.165, 1.54) is 0 Å². The normalized spacial score (nSPS) is 17.8. The van der Waals surface area contributed by atoms with Gasteiger partial charge in [0.25, 0.3) is 0 Å². The highest BCUT2D eigenvalue weighted by Crippen LogP contribution is 2.37. The number of rotatable bonds is 5. The number of aromatic nitrogens is 1. The lowest BCUT2D eigenvalue weighted by Gasteiger charge is -2.24. The zero-order valence-corrected chi connectivity index (χ0v) is 16.6. The molecular formula is C24H23N3O3. The zero-order chi connectivity index (χ0) is 20.3. The van der Waals surface area contributed by atoms with Gasteiger partial charge in [0.05, 0.1) is 11.7 Å². The minimum Gasteiger partial charge on any atom is -0.454 e. The van der Waals surface area contributed by atoms with Crippen molar-refractivity contribution >= 4 is 11.6 Å². The number of benzene rings is 2. The van der Waals surface area contributed by atoms with Gasteiger partial charge in [-0.25, -0.2) is 0 Å². The number of hydrogen-bond acceptors (Lipinski definition) is 5. The molecule has 1 fully saturated rings. The van der Waals surface area contributed by atoms with E-state index in [0.717, 1.165) is 53.4 Å². The number of amides is 1. The zero-order valence-electron chi connectivity index (χ0n) is 16.6. The van der Waals surface area contributed by atoms with Crippen LogP contribution in [0.1, 0.15) is 18.4 Å². The predicted octanol–water partition coefficient (Wildman–Crippen LogP) is 4.08. The van der Waals surface area contributed by atoms with Crippen molar-refractivity contribution in [1.29, 1.82) is 0 Å². The molecule has 0 saturated carbocycles. The third-order valence-electron chi connectivity index (χ3n) is 5.63.